The highest BCUT2D eigenvalue weighted by molar-refractivity contribution is 9.10. The number of nitrogens with two attached hydrogens (primary N) is 1. The molecule has 0 fully saturated rings. The van der Waals surface area contributed by atoms with Crippen LogP contribution in [0.4, 0.5) is 5.69 Å². The summed E-state index contributed by atoms with van der Waals surface area (Å²) in [6.45, 7) is 1.81. The SMILES string of the molecule is CN(Cc1ccc(Br)cc1)Cc1ccc(N)cc1Br. The Hall–Kier alpha value is -0.840. The zero-order chi connectivity index (χ0) is 13.8. The molecule has 0 saturated carbocycles. The molecular formula is C15H16Br2N2. The van der Waals surface area contributed by atoms with Crippen molar-refractivity contribution in [1.29, 1.82) is 0 Å². The molecule has 0 saturated heterocycles. The van der Waals surface area contributed by atoms with E-state index >= 15 is 0 Å². The molecule has 0 amide bonds. The van der Waals surface area contributed by atoms with Crippen molar-refractivity contribution in [2.45, 2.75) is 13.1 Å². The van der Waals surface area contributed by atoms with Gasteiger partial charge in [-0.25, -0.2) is 0 Å². The standard InChI is InChI=1S/C15H16Br2N2/c1-19(9-11-2-5-13(16)6-3-11)10-12-4-7-14(18)8-15(12)17/h2-8H,9-10,18H2,1H3. The first-order chi connectivity index (χ1) is 9.04. The lowest BCUT2D eigenvalue weighted by Gasteiger charge is -2.18. The van der Waals surface area contributed by atoms with Crippen LogP contribution in [0.3, 0.4) is 0 Å². The van der Waals surface area contributed by atoms with E-state index in [2.05, 4.69) is 74.1 Å². The van der Waals surface area contributed by atoms with Crippen LogP contribution in [0.2, 0.25) is 0 Å². The smallest absolute Gasteiger partial charge is 0.0325 e. The largest absolute Gasteiger partial charge is 0.399 e. The molecule has 2 aromatic carbocycles. The summed E-state index contributed by atoms with van der Waals surface area (Å²) in [5, 5.41) is 0. The van der Waals surface area contributed by atoms with E-state index in [1.807, 2.05) is 12.1 Å². The Morgan fingerprint density at radius 3 is 2.32 bits per heavy atom. The Morgan fingerprint density at radius 2 is 1.68 bits per heavy atom. The third-order valence-corrected chi connectivity index (χ3v) is 4.15. The van der Waals surface area contributed by atoms with Gasteiger partial charge in [-0.15, -0.1) is 0 Å². The second kappa shape index (κ2) is 6.55. The van der Waals surface area contributed by atoms with Gasteiger partial charge in [0.25, 0.3) is 0 Å². The molecule has 0 aromatic heterocycles. The Bertz CT molecular complexity index is 553. The van der Waals surface area contributed by atoms with Crippen LogP contribution >= 0.6 is 31.9 Å². The normalized spacial score (nSPS) is 10.9. The van der Waals surface area contributed by atoms with Gasteiger partial charge >= 0.3 is 0 Å². The first-order valence-corrected chi connectivity index (χ1v) is 7.60. The lowest BCUT2D eigenvalue weighted by atomic mass is 10.1. The van der Waals surface area contributed by atoms with E-state index in [4.69, 9.17) is 5.73 Å². The van der Waals surface area contributed by atoms with E-state index < -0.39 is 0 Å². The van der Waals surface area contributed by atoms with Gasteiger partial charge in [-0.05, 0) is 42.4 Å². The average Bonchev–Trinajstić information content (AvgIpc) is 2.36. The van der Waals surface area contributed by atoms with Crippen molar-refractivity contribution in [3.05, 3.63) is 62.5 Å². The van der Waals surface area contributed by atoms with E-state index in [0.29, 0.717) is 0 Å². The Labute approximate surface area is 130 Å². The predicted molar refractivity (Wildman–Crippen MR) is 87.9 cm³/mol. The molecule has 2 N–H and O–H groups in total. The van der Waals surface area contributed by atoms with E-state index in [9.17, 15) is 0 Å². The van der Waals surface area contributed by atoms with Crippen LogP contribution in [0.15, 0.2) is 51.4 Å². The number of anilines is 1. The number of halogens is 2. The van der Waals surface area contributed by atoms with Gasteiger partial charge in [0.2, 0.25) is 0 Å². The first-order valence-electron chi connectivity index (χ1n) is 6.01. The fourth-order valence-electron chi connectivity index (χ4n) is 1.94. The zero-order valence-corrected chi connectivity index (χ0v) is 13.9. The lowest BCUT2D eigenvalue weighted by molar-refractivity contribution is 0.318. The van der Waals surface area contributed by atoms with Crippen molar-refractivity contribution in [1.82, 2.24) is 4.90 Å². The lowest BCUT2D eigenvalue weighted by Crippen LogP contribution is -2.17. The van der Waals surface area contributed by atoms with Gasteiger partial charge in [0.05, 0.1) is 0 Å². The number of nitrogens with zero attached hydrogens (tertiary/aromatic N) is 1. The fourth-order valence-corrected chi connectivity index (χ4v) is 2.73. The van der Waals surface area contributed by atoms with Gasteiger partial charge in [0.15, 0.2) is 0 Å². The summed E-state index contributed by atoms with van der Waals surface area (Å²) in [7, 11) is 2.12. The van der Waals surface area contributed by atoms with Gasteiger partial charge in [0.1, 0.15) is 0 Å². The third-order valence-electron chi connectivity index (χ3n) is 2.88. The molecule has 0 heterocycles. The minimum absolute atomic E-state index is 0.784. The van der Waals surface area contributed by atoms with Crippen LogP contribution in [0.25, 0.3) is 0 Å². The van der Waals surface area contributed by atoms with Crippen molar-refractivity contribution < 1.29 is 0 Å². The number of hydrogen-bond donors (Lipinski definition) is 1. The van der Waals surface area contributed by atoms with Crippen molar-refractivity contribution in [3.8, 4) is 0 Å². The highest BCUT2D eigenvalue weighted by atomic mass is 79.9. The molecule has 0 aliphatic rings. The highest BCUT2D eigenvalue weighted by Crippen LogP contribution is 2.21. The van der Waals surface area contributed by atoms with Crippen LogP contribution in [-0.2, 0) is 13.1 Å². The molecule has 0 aliphatic heterocycles. The summed E-state index contributed by atoms with van der Waals surface area (Å²) in [6.07, 6.45) is 0. The minimum atomic E-state index is 0.784. The summed E-state index contributed by atoms with van der Waals surface area (Å²) in [6, 6.07) is 14.4. The Morgan fingerprint density at radius 1 is 1.00 bits per heavy atom. The minimum Gasteiger partial charge on any atom is -0.399 e. The molecule has 4 heteroatoms. The van der Waals surface area contributed by atoms with Crippen LogP contribution in [-0.4, -0.2) is 11.9 Å². The van der Waals surface area contributed by atoms with Crippen molar-refractivity contribution in [2.24, 2.45) is 0 Å². The quantitative estimate of drug-likeness (QED) is 0.791. The summed E-state index contributed by atoms with van der Waals surface area (Å²) in [5.74, 6) is 0. The second-order valence-electron chi connectivity index (χ2n) is 4.65. The maximum absolute atomic E-state index is 5.75. The highest BCUT2D eigenvalue weighted by Gasteiger charge is 2.05. The predicted octanol–water partition coefficient (Wildman–Crippen LogP) is 4.43. The molecule has 100 valence electrons. The summed E-state index contributed by atoms with van der Waals surface area (Å²) >= 11 is 7.01. The molecule has 0 spiro atoms. The third kappa shape index (κ3) is 4.34. The molecule has 2 rings (SSSR count). The second-order valence-corrected chi connectivity index (χ2v) is 6.42. The van der Waals surface area contributed by atoms with Gasteiger partial charge < -0.3 is 5.73 Å². The van der Waals surface area contributed by atoms with Crippen LogP contribution < -0.4 is 5.73 Å². The number of benzene rings is 2. The van der Waals surface area contributed by atoms with E-state index in [0.717, 1.165) is 27.7 Å². The average molecular weight is 384 g/mol. The van der Waals surface area contributed by atoms with E-state index in [1.165, 1.54) is 11.1 Å². The Balaban J connectivity index is 2.01. The number of rotatable bonds is 4. The van der Waals surface area contributed by atoms with E-state index in [-0.39, 0.29) is 0 Å². The van der Waals surface area contributed by atoms with E-state index in [1.54, 1.807) is 0 Å². The van der Waals surface area contributed by atoms with Crippen LogP contribution in [0.1, 0.15) is 11.1 Å². The number of hydrogen-bond acceptors (Lipinski definition) is 2. The molecule has 2 aromatic rings. The summed E-state index contributed by atoms with van der Waals surface area (Å²) < 4.78 is 2.18. The van der Waals surface area contributed by atoms with Crippen LogP contribution in [0, 0.1) is 0 Å². The molecular weight excluding hydrogens is 368 g/mol. The maximum atomic E-state index is 5.75. The Kier molecular flexibility index (Phi) is 5.02. The first kappa shape index (κ1) is 14.6. The van der Waals surface area contributed by atoms with Gasteiger partial charge in [-0.2, -0.15) is 0 Å². The number of nitrogen functional groups attached to an aromatic ring is 1. The summed E-state index contributed by atoms with van der Waals surface area (Å²) in [5.41, 5.74) is 9.08. The zero-order valence-electron chi connectivity index (χ0n) is 10.7. The molecule has 2 nitrogen and oxygen atoms in total. The van der Waals surface area contributed by atoms with Crippen molar-refractivity contribution >= 4 is 37.5 Å². The molecule has 0 aliphatic carbocycles. The molecule has 19 heavy (non-hydrogen) atoms. The topological polar surface area (TPSA) is 29.3 Å². The summed E-state index contributed by atoms with van der Waals surface area (Å²) in [4.78, 5) is 2.28. The van der Waals surface area contributed by atoms with Gasteiger partial charge in [0, 0.05) is 27.7 Å². The fraction of sp³-hybridized carbons (Fsp3) is 0.200. The molecule has 0 atom stereocenters. The van der Waals surface area contributed by atoms with Crippen LogP contribution in [0.5, 0.6) is 0 Å². The van der Waals surface area contributed by atoms with Crippen molar-refractivity contribution in [2.75, 3.05) is 12.8 Å². The maximum Gasteiger partial charge on any atom is 0.0325 e. The molecule has 0 radical (unpaired) electrons. The van der Waals surface area contributed by atoms with Gasteiger partial charge in [-0.3, -0.25) is 4.90 Å². The molecule has 0 bridgehead atoms. The monoisotopic (exact) mass is 382 g/mol. The van der Waals surface area contributed by atoms with Crippen molar-refractivity contribution in [3.63, 3.8) is 0 Å². The van der Waals surface area contributed by atoms with Gasteiger partial charge in [-0.1, -0.05) is 50.1 Å². The molecule has 0 unspecified atom stereocenters.